The van der Waals surface area contributed by atoms with Gasteiger partial charge in [-0.15, -0.1) is 11.8 Å². The van der Waals surface area contributed by atoms with E-state index in [1.165, 1.54) is 0 Å². The first-order chi connectivity index (χ1) is 5.27. The lowest BCUT2D eigenvalue weighted by atomic mass is 10.2. The topological polar surface area (TPSA) is 0 Å². The fourth-order valence-electron chi connectivity index (χ4n) is 0.763. The molecule has 0 fully saturated rings. The second-order valence-corrected chi connectivity index (χ2v) is 3.82. The van der Waals surface area contributed by atoms with Gasteiger partial charge in [-0.2, -0.15) is 0 Å². The normalized spacial score (nSPS) is 10.1. The Labute approximate surface area is 78.3 Å². The maximum absolute atomic E-state index is 12.2. The molecule has 0 bridgehead atoms. The molecule has 0 amide bonds. The smallest absolute Gasteiger partial charge is 0.116 e. The lowest BCUT2D eigenvalue weighted by Gasteiger charge is -2.00. The van der Waals surface area contributed by atoms with Gasteiger partial charge in [0, 0.05) is 9.37 Å². The van der Waals surface area contributed by atoms with Crippen LogP contribution >= 0.6 is 27.7 Å². The number of alkyl halides is 1. The number of benzene rings is 1. The van der Waals surface area contributed by atoms with Gasteiger partial charge in [0.1, 0.15) is 6.67 Å². The summed E-state index contributed by atoms with van der Waals surface area (Å²) in [4.78, 5) is 1.15. The third-order valence-corrected chi connectivity index (χ3v) is 2.87. The lowest BCUT2D eigenvalue weighted by molar-refractivity contribution is 0.483. The maximum atomic E-state index is 12.2. The van der Waals surface area contributed by atoms with Crippen molar-refractivity contribution >= 4 is 27.7 Å². The van der Waals surface area contributed by atoms with Crippen molar-refractivity contribution in [2.24, 2.45) is 0 Å². The van der Waals surface area contributed by atoms with Gasteiger partial charge in [0.05, 0.1) is 0 Å². The van der Waals surface area contributed by atoms with Gasteiger partial charge in [-0.1, -0.05) is 22.0 Å². The molecule has 60 valence electrons. The number of rotatable bonds is 2. The summed E-state index contributed by atoms with van der Waals surface area (Å²) in [6.45, 7) is -0.407. The quantitative estimate of drug-likeness (QED) is 0.705. The predicted octanol–water partition coefficient (Wildman–Crippen LogP) is 3.64. The summed E-state index contributed by atoms with van der Waals surface area (Å²) in [5, 5.41) is 0. The SMILES string of the molecule is CSc1ccc(CF)c(Br)c1. The van der Waals surface area contributed by atoms with Gasteiger partial charge in [-0.3, -0.25) is 0 Å². The lowest BCUT2D eigenvalue weighted by Crippen LogP contribution is -1.80. The van der Waals surface area contributed by atoms with Crippen LogP contribution in [-0.4, -0.2) is 6.26 Å². The largest absolute Gasteiger partial charge is 0.246 e. The molecule has 0 atom stereocenters. The third-order valence-electron chi connectivity index (χ3n) is 1.40. The molecular formula is C8H8BrFS. The zero-order valence-electron chi connectivity index (χ0n) is 6.10. The van der Waals surface area contributed by atoms with Gasteiger partial charge in [0.25, 0.3) is 0 Å². The monoisotopic (exact) mass is 234 g/mol. The van der Waals surface area contributed by atoms with E-state index in [2.05, 4.69) is 15.9 Å². The molecule has 3 heteroatoms. The summed E-state index contributed by atoms with van der Waals surface area (Å²) in [5.41, 5.74) is 0.711. The summed E-state index contributed by atoms with van der Waals surface area (Å²) in [5.74, 6) is 0. The summed E-state index contributed by atoms with van der Waals surface area (Å²) in [6, 6.07) is 5.65. The molecule has 0 unspecified atom stereocenters. The first-order valence-corrected chi connectivity index (χ1v) is 5.18. The van der Waals surface area contributed by atoms with E-state index in [0.717, 1.165) is 9.37 Å². The van der Waals surface area contributed by atoms with Crippen LogP contribution in [0.1, 0.15) is 5.56 Å². The molecule has 0 aliphatic carbocycles. The maximum Gasteiger partial charge on any atom is 0.116 e. The highest BCUT2D eigenvalue weighted by Crippen LogP contribution is 2.24. The van der Waals surface area contributed by atoms with Crippen molar-refractivity contribution in [1.29, 1.82) is 0 Å². The molecule has 11 heavy (non-hydrogen) atoms. The van der Waals surface area contributed by atoms with Gasteiger partial charge in [0.15, 0.2) is 0 Å². The van der Waals surface area contributed by atoms with Gasteiger partial charge >= 0.3 is 0 Å². The van der Waals surface area contributed by atoms with Crippen molar-refractivity contribution in [1.82, 2.24) is 0 Å². The molecule has 0 heterocycles. The van der Waals surface area contributed by atoms with Crippen LogP contribution in [0.25, 0.3) is 0 Å². The molecule has 0 spiro atoms. The Morgan fingerprint density at radius 3 is 2.73 bits per heavy atom. The van der Waals surface area contributed by atoms with Crippen molar-refractivity contribution in [2.75, 3.05) is 6.26 Å². The number of hydrogen-bond acceptors (Lipinski definition) is 1. The molecule has 0 N–H and O–H groups in total. The van der Waals surface area contributed by atoms with Crippen LogP contribution in [0.4, 0.5) is 4.39 Å². The standard InChI is InChI=1S/C8H8BrFS/c1-11-7-3-2-6(5-10)8(9)4-7/h2-4H,5H2,1H3. The van der Waals surface area contributed by atoms with Crippen molar-refractivity contribution in [2.45, 2.75) is 11.6 Å². The van der Waals surface area contributed by atoms with E-state index in [1.807, 2.05) is 18.4 Å². The van der Waals surface area contributed by atoms with Crippen molar-refractivity contribution in [3.63, 3.8) is 0 Å². The van der Waals surface area contributed by atoms with Crippen LogP contribution in [0.5, 0.6) is 0 Å². The van der Waals surface area contributed by atoms with Crippen LogP contribution in [0.15, 0.2) is 27.6 Å². The van der Waals surface area contributed by atoms with Crippen molar-refractivity contribution in [3.8, 4) is 0 Å². The Balaban J connectivity index is 2.99. The molecule has 0 saturated heterocycles. The van der Waals surface area contributed by atoms with Crippen molar-refractivity contribution < 1.29 is 4.39 Å². The molecule has 1 aromatic carbocycles. The van der Waals surface area contributed by atoms with Gasteiger partial charge in [0.2, 0.25) is 0 Å². The van der Waals surface area contributed by atoms with Crippen LogP contribution in [-0.2, 0) is 6.67 Å². The fourth-order valence-corrected chi connectivity index (χ4v) is 1.84. The molecule has 1 aromatic rings. The fraction of sp³-hybridized carbons (Fsp3) is 0.250. The second-order valence-electron chi connectivity index (χ2n) is 2.09. The average molecular weight is 235 g/mol. The van der Waals surface area contributed by atoms with Crippen LogP contribution in [0.2, 0.25) is 0 Å². The van der Waals surface area contributed by atoms with Crippen molar-refractivity contribution in [3.05, 3.63) is 28.2 Å². The van der Waals surface area contributed by atoms with E-state index < -0.39 is 6.67 Å². The molecule has 0 radical (unpaired) electrons. The molecule has 0 aromatic heterocycles. The van der Waals surface area contributed by atoms with E-state index in [9.17, 15) is 4.39 Å². The second kappa shape index (κ2) is 4.12. The number of thioether (sulfide) groups is 1. The zero-order chi connectivity index (χ0) is 8.27. The molecule has 0 aliphatic rings. The molecular weight excluding hydrogens is 227 g/mol. The van der Waals surface area contributed by atoms with Crippen LogP contribution < -0.4 is 0 Å². The van der Waals surface area contributed by atoms with E-state index >= 15 is 0 Å². The minimum atomic E-state index is -0.407. The Kier molecular flexibility index (Phi) is 3.40. The molecule has 0 nitrogen and oxygen atoms in total. The highest BCUT2D eigenvalue weighted by atomic mass is 79.9. The Morgan fingerprint density at radius 2 is 2.27 bits per heavy atom. The average Bonchev–Trinajstić information content (AvgIpc) is 2.04. The summed E-state index contributed by atoms with van der Waals surface area (Å²) in [7, 11) is 0. The highest BCUT2D eigenvalue weighted by molar-refractivity contribution is 9.10. The Bertz CT molecular complexity index is 250. The van der Waals surface area contributed by atoms with Gasteiger partial charge < -0.3 is 0 Å². The first-order valence-electron chi connectivity index (χ1n) is 3.16. The molecule has 0 aliphatic heterocycles. The molecule has 1 rings (SSSR count). The Morgan fingerprint density at radius 1 is 1.55 bits per heavy atom. The minimum absolute atomic E-state index is 0.407. The van der Waals surface area contributed by atoms with Gasteiger partial charge in [-0.05, 0) is 24.0 Å². The van der Waals surface area contributed by atoms with E-state index in [4.69, 9.17) is 0 Å². The zero-order valence-corrected chi connectivity index (χ0v) is 8.51. The van der Waals surface area contributed by atoms with Crippen LogP contribution in [0.3, 0.4) is 0 Å². The molecule has 0 saturated carbocycles. The first kappa shape index (κ1) is 9.07. The third kappa shape index (κ3) is 2.20. The summed E-state index contributed by atoms with van der Waals surface area (Å²) < 4.78 is 13.0. The summed E-state index contributed by atoms with van der Waals surface area (Å²) in [6.07, 6.45) is 2.00. The highest BCUT2D eigenvalue weighted by Gasteiger charge is 1.99. The van der Waals surface area contributed by atoms with Gasteiger partial charge in [-0.25, -0.2) is 4.39 Å². The Hall–Kier alpha value is -0.0200. The predicted molar refractivity (Wildman–Crippen MR) is 50.7 cm³/mol. The summed E-state index contributed by atoms with van der Waals surface area (Å²) >= 11 is 4.94. The van der Waals surface area contributed by atoms with Crippen LogP contribution in [0, 0.1) is 0 Å². The minimum Gasteiger partial charge on any atom is -0.246 e. The number of hydrogen-bond donors (Lipinski definition) is 0. The van der Waals surface area contributed by atoms with E-state index in [1.54, 1.807) is 17.8 Å². The van der Waals surface area contributed by atoms with E-state index in [-0.39, 0.29) is 0 Å². The van der Waals surface area contributed by atoms with E-state index in [0.29, 0.717) is 5.56 Å². The number of halogens is 2.